The van der Waals surface area contributed by atoms with Gasteiger partial charge in [0.2, 0.25) is 5.82 Å². The second-order valence-corrected chi connectivity index (χ2v) is 7.57. The monoisotopic (exact) mass is 515 g/mol. The second kappa shape index (κ2) is 10.9. The zero-order valence-corrected chi connectivity index (χ0v) is 19.5. The van der Waals surface area contributed by atoms with Crippen LogP contribution in [0.4, 0.5) is 32.0 Å². The highest BCUT2D eigenvalue weighted by molar-refractivity contribution is 5.82. The summed E-state index contributed by atoms with van der Waals surface area (Å²) in [4.78, 5) is 14.6. The molecule has 0 unspecified atom stereocenters. The maximum absolute atomic E-state index is 13.8. The van der Waals surface area contributed by atoms with Gasteiger partial charge in [-0.15, -0.1) is 0 Å². The second-order valence-electron chi connectivity index (χ2n) is 7.57. The number of imidazole rings is 1. The molecule has 13 heteroatoms. The van der Waals surface area contributed by atoms with Gasteiger partial charge in [-0.2, -0.15) is 26.3 Å². The topological polar surface area (TPSA) is 63.9 Å². The first-order valence-electron chi connectivity index (χ1n) is 10.6. The molecule has 0 saturated carbocycles. The van der Waals surface area contributed by atoms with Gasteiger partial charge in [0, 0.05) is 19.8 Å². The minimum atomic E-state index is -4.80. The van der Waals surface area contributed by atoms with Crippen LogP contribution in [0.15, 0.2) is 53.2 Å². The van der Waals surface area contributed by atoms with E-state index >= 15 is 0 Å². The maximum Gasteiger partial charge on any atom is 0.450 e. The molecule has 0 aliphatic carbocycles. The summed E-state index contributed by atoms with van der Waals surface area (Å²) in [6, 6.07) is 8.51. The van der Waals surface area contributed by atoms with Crippen molar-refractivity contribution in [3.05, 3.63) is 59.5 Å². The predicted molar refractivity (Wildman–Crippen MR) is 123 cm³/mol. The lowest BCUT2D eigenvalue weighted by molar-refractivity contribution is -0.145. The van der Waals surface area contributed by atoms with E-state index in [4.69, 9.17) is 9.57 Å². The molecule has 0 spiro atoms. The largest absolute Gasteiger partial charge is 0.487 e. The number of alkyl halides is 6. The van der Waals surface area contributed by atoms with Crippen molar-refractivity contribution in [3.63, 3.8) is 0 Å². The van der Waals surface area contributed by atoms with E-state index < -0.39 is 30.3 Å². The Bertz CT molecular complexity index is 1250. The molecule has 7 nitrogen and oxygen atoms in total. The molecule has 1 heterocycles. The molecule has 0 radical (unpaired) electrons. The quantitative estimate of drug-likeness (QED) is 0.171. The van der Waals surface area contributed by atoms with Crippen molar-refractivity contribution in [1.29, 1.82) is 0 Å². The van der Waals surface area contributed by atoms with Crippen molar-refractivity contribution in [2.24, 2.45) is 4.99 Å². The number of fused-ring (bicyclic) bond motifs is 1. The van der Waals surface area contributed by atoms with Crippen molar-refractivity contribution in [2.45, 2.75) is 19.3 Å². The Morgan fingerprint density at radius 2 is 1.86 bits per heavy atom. The van der Waals surface area contributed by atoms with Crippen LogP contribution in [0.2, 0.25) is 0 Å². The van der Waals surface area contributed by atoms with Crippen LogP contribution in [-0.4, -0.2) is 48.1 Å². The Hall–Kier alpha value is -3.74. The number of rotatable bonds is 9. The van der Waals surface area contributed by atoms with E-state index in [9.17, 15) is 26.3 Å². The number of nitrogens with one attached hydrogen (secondary N) is 1. The third-order valence-corrected chi connectivity index (χ3v) is 4.90. The van der Waals surface area contributed by atoms with Crippen LogP contribution in [0.5, 0.6) is 5.75 Å². The van der Waals surface area contributed by atoms with Gasteiger partial charge in [-0.25, -0.2) is 9.98 Å². The molecule has 0 amide bonds. The lowest BCUT2D eigenvalue weighted by atomic mass is 10.2. The molecule has 0 atom stereocenters. The molecule has 0 fully saturated rings. The van der Waals surface area contributed by atoms with E-state index in [1.165, 1.54) is 31.4 Å². The summed E-state index contributed by atoms with van der Waals surface area (Å²) in [5.41, 5.74) is 2.03. The molecular weight excluding hydrogens is 492 g/mol. The lowest BCUT2D eigenvalue weighted by Gasteiger charge is -2.14. The minimum Gasteiger partial charge on any atom is -0.487 e. The van der Waals surface area contributed by atoms with Gasteiger partial charge in [0.1, 0.15) is 12.4 Å². The van der Waals surface area contributed by atoms with Crippen LogP contribution in [-0.2, 0) is 17.2 Å². The number of benzene rings is 2. The predicted octanol–water partition coefficient (Wildman–Crippen LogP) is 5.71. The average Bonchev–Trinajstić information content (AvgIpc) is 3.19. The van der Waals surface area contributed by atoms with Crippen molar-refractivity contribution in [1.82, 2.24) is 19.9 Å². The summed E-state index contributed by atoms with van der Waals surface area (Å²) in [5.74, 6) is -1.34. The van der Waals surface area contributed by atoms with E-state index in [0.29, 0.717) is 12.2 Å². The number of hydrogen-bond acceptors (Lipinski definition) is 5. The fourth-order valence-electron chi connectivity index (χ4n) is 3.04. The maximum atomic E-state index is 13.8. The Labute approximate surface area is 202 Å². The SMILES string of the molecule is CCN(C)C=Nc1ccc2nc(C(F)(F)F)n(C=C(COc3cccc(C(F)(F)F)c3)NOC)c2c1. The number of ether oxygens (including phenoxy) is 1. The van der Waals surface area contributed by atoms with Gasteiger partial charge in [0.25, 0.3) is 0 Å². The molecule has 0 bridgehead atoms. The fourth-order valence-corrected chi connectivity index (χ4v) is 3.04. The van der Waals surface area contributed by atoms with E-state index in [1.807, 2.05) is 6.92 Å². The average molecular weight is 515 g/mol. The molecule has 0 aliphatic heterocycles. The Kier molecular flexibility index (Phi) is 8.13. The molecule has 36 heavy (non-hydrogen) atoms. The first-order chi connectivity index (χ1) is 16.9. The Morgan fingerprint density at radius 1 is 1.11 bits per heavy atom. The standard InChI is InChI=1S/C23H23F6N5O2/c1-4-33(2)14-30-16-8-9-19-20(11-16)34(21(31-19)23(27,28)29)12-17(32-35-3)13-36-18-7-5-6-15(10-18)22(24,25)26/h5-12,14,32H,4,13H2,1-3H3. The van der Waals surface area contributed by atoms with E-state index in [2.05, 4.69) is 15.5 Å². The highest BCUT2D eigenvalue weighted by atomic mass is 19.4. The number of hydroxylamine groups is 1. The molecule has 194 valence electrons. The molecule has 1 aromatic heterocycles. The molecule has 0 saturated heterocycles. The first-order valence-corrected chi connectivity index (χ1v) is 10.6. The summed E-state index contributed by atoms with van der Waals surface area (Å²) >= 11 is 0. The third kappa shape index (κ3) is 6.68. The number of halogens is 6. The summed E-state index contributed by atoms with van der Waals surface area (Å²) in [5, 5.41) is 0. The van der Waals surface area contributed by atoms with Crippen LogP contribution in [0.3, 0.4) is 0 Å². The van der Waals surface area contributed by atoms with Crippen LogP contribution in [0.25, 0.3) is 17.2 Å². The zero-order chi connectivity index (χ0) is 26.5. The molecule has 3 aromatic rings. The van der Waals surface area contributed by atoms with Gasteiger partial charge in [-0.3, -0.25) is 14.9 Å². The summed E-state index contributed by atoms with van der Waals surface area (Å²) in [7, 11) is 3.02. The zero-order valence-electron chi connectivity index (χ0n) is 19.5. The van der Waals surface area contributed by atoms with Gasteiger partial charge < -0.3 is 9.64 Å². The molecular formula is C23H23F6N5O2. The van der Waals surface area contributed by atoms with Crippen LogP contribution >= 0.6 is 0 Å². The molecule has 2 aromatic carbocycles. The smallest absolute Gasteiger partial charge is 0.450 e. The first kappa shape index (κ1) is 26.9. The van der Waals surface area contributed by atoms with Crippen molar-refractivity contribution in [3.8, 4) is 5.75 Å². The van der Waals surface area contributed by atoms with Crippen molar-refractivity contribution >= 4 is 29.3 Å². The van der Waals surface area contributed by atoms with Crippen LogP contribution in [0, 0.1) is 0 Å². The normalized spacial score (nSPS) is 13.0. The number of hydrogen-bond donors (Lipinski definition) is 1. The number of nitrogens with zero attached hydrogens (tertiary/aromatic N) is 4. The van der Waals surface area contributed by atoms with Crippen LogP contribution < -0.4 is 10.2 Å². The molecule has 0 aliphatic rings. The molecule has 3 rings (SSSR count). The minimum absolute atomic E-state index is 0.0145. The third-order valence-electron chi connectivity index (χ3n) is 4.90. The summed E-state index contributed by atoms with van der Waals surface area (Å²) in [6.07, 6.45) is -6.78. The fraction of sp³-hybridized carbons (Fsp3) is 0.304. The summed E-state index contributed by atoms with van der Waals surface area (Å²) < 4.78 is 86.5. The van der Waals surface area contributed by atoms with Crippen molar-refractivity contribution in [2.75, 3.05) is 27.3 Å². The number of aromatic nitrogens is 2. The highest BCUT2D eigenvalue weighted by Gasteiger charge is 2.37. The Morgan fingerprint density at radius 3 is 2.50 bits per heavy atom. The van der Waals surface area contributed by atoms with Crippen molar-refractivity contribution < 1.29 is 35.9 Å². The van der Waals surface area contributed by atoms with E-state index in [0.717, 1.165) is 29.0 Å². The van der Waals surface area contributed by atoms with Gasteiger partial charge in [-0.1, -0.05) is 6.07 Å². The van der Waals surface area contributed by atoms with Gasteiger partial charge in [-0.05, 0) is 43.3 Å². The van der Waals surface area contributed by atoms with Gasteiger partial charge >= 0.3 is 12.4 Å². The van der Waals surface area contributed by atoms with Gasteiger partial charge in [0.15, 0.2) is 0 Å². The van der Waals surface area contributed by atoms with Crippen LogP contribution in [0.1, 0.15) is 18.3 Å². The lowest BCUT2D eigenvalue weighted by Crippen LogP contribution is -2.20. The molecule has 1 N–H and O–H groups in total. The van der Waals surface area contributed by atoms with E-state index in [1.54, 1.807) is 18.3 Å². The highest BCUT2D eigenvalue weighted by Crippen LogP contribution is 2.34. The number of aliphatic imine (C=N–C) groups is 1. The van der Waals surface area contributed by atoms with Gasteiger partial charge in [0.05, 0.1) is 41.4 Å². The Balaban J connectivity index is 2.01. The van der Waals surface area contributed by atoms with E-state index in [-0.39, 0.29) is 22.5 Å². The summed E-state index contributed by atoms with van der Waals surface area (Å²) in [6.45, 7) is 2.17.